The van der Waals surface area contributed by atoms with Crippen molar-refractivity contribution >= 4 is 26.8 Å². The van der Waals surface area contributed by atoms with Gasteiger partial charge in [0.05, 0.1) is 17.0 Å². The number of sulfonamides is 1. The predicted molar refractivity (Wildman–Crippen MR) is 106 cm³/mol. The molecule has 1 aromatic carbocycles. The van der Waals surface area contributed by atoms with Crippen LogP contribution < -0.4 is 10.7 Å². The standard InChI is InChI=1S/C19H25N3O5S/c1-3-21-13-16(19(24)20-8-11-27-2)18(23)15-12-14(6-7-17(15)21)28(25,26)22-9-4-5-10-22/h6-7,12-13H,3-5,8-11H2,1-2H3,(H,20,24). The molecule has 152 valence electrons. The Labute approximate surface area is 164 Å². The first-order chi connectivity index (χ1) is 13.4. The van der Waals surface area contributed by atoms with Crippen LogP contribution in [0.15, 0.2) is 34.1 Å². The molecule has 3 rings (SSSR count). The van der Waals surface area contributed by atoms with Crippen LogP contribution in [-0.4, -0.2) is 56.5 Å². The van der Waals surface area contributed by atoms with Gasteiger partial charge in [-0.1, -0.05) is 0 Å². The van der Waals surface area contributed by atoms with Gasteiger partial charge in [0.15, 0.2) is 0 Å². The molecule has 1 saturated heterocycles. The smallest absolute Gasteiger partial charge is 0.256 e. The van der Waals surface area contributed by atoms with Crippen molar-refractivity contribution in [3.63, 3.8) is 0 Å². The van der Waals surface area contributed by atoms with Crippen LogP contribution >= 0.6 is 0 Å². The number of hydrogen-bond donors (Lipinski definition) is 1. The molecule has 1 aliphatic rings. The minimum Gasteiger partial charge on any atom is -0.383 e. The SMILES string of the molecule is CCn1cc(C(=O)NCCOC)c(=O)c2cc(S(=O)(=O)N3CCCC3)ccc21. The molecule has 2 heterocycles. The molecule has 1 N–H and O–H groups in total. The maximum absolute atomic E-state index is 13.0. The Kier molecular flexibility index (Phi) is 6.17. The molecule has 1 amide bonds. The number of carbonyl (C=O) groups excluding carboxylic acids is 1. The van der Waals surface area contributed by atoms with E-state index in [9.17, 15) is 18.0 Å². The van der Waals surface area contributed by atoms with E-state index in [2.05, 4.69) is 5.32 Å². The zero-order valence-corrected chi connectivity index (χ0v) is 16.9. The topological polar surface area (TPSA) is 97.7 Å². The van der Waals surface area contributed by atoms with Crippen LogP contribution in [0.4, 0.5) is 0 Å². The normalized spacial score (nSPS) is 15.2. The lowest BCUT2D eigenvalue weighted by molar-refractivity contribution is 0.0935. The van der Waals surface area contributed by atoms with Crippen LogP contribution in [0.3, 0.4) is 0 Å². The van der Waals surface area contributed by atoms with Crippen LogP contribution in [0, 0.1) is 0 Å². The number of aryl methyl sites for hydroxylation is 1. The second-order valence-corrected chi connectivity index (χ2v) is 8.63. The predicted octanol–water partition coefficient (Wildman–Crippen LogP) is 1.18. The average molecular weight is 407 g/mol. The summed E-state index contributed by atoms with van der Waals surface area (Å²) in [7, 11) is -2.13. The molecular formula is C19H25N3O5S. The lowest BCUT2D eigenvalue weighted by Gasteiger charge is -2.17. The Balaban J connectivity index is 2.09. The minimum absolute atomic E-state index is 0.0128. The van der Waals surface area contributed by atoms with E-state index >= 15 is 0 Å². The first-order valence-corrected chi connectivity index (χ1v) is 10.8. The summed E-state index contributed by atoms with van der Waals surface area (Å²) in [4.78, 5) is 25.5. The molecule has 9 heteroatoms. The summed E-state index contributed by atoms with van der Waals surface area (Å²) < 4.78 is 33.8. The summed E-state index contributed by atoms with van der Waals surface area (Å²) in [5.41, 5.74) is 0.107. The van der Waals surface area contributed by atoms with Crippen LogP contribution in [0.2, 0.25) is 0 Å². The van der Waals surface area contributed by atoms with Gasteiger partial charge in [0, 0.05) is 44.9 Å². The molecule has 0 aliphatic carbocycles. The highest BCUT2D eigenvalue weighted by molar-refractivity contribution is 7.89. The summed E-state index contributed by atoms with van der Waals surface area (Å²) >= 11 is 0. The zero-order valence-electron chi connectivity index (χ0n) is 16.1. The summed E-state index contributed by atoms with van der Waals surface area (Å²) in [5, 5.41) is 2.87. The van der Waals surface area contributed by atoms with E-state index in [0.717, 1.165) is 12.8 Å². The second-order valence-electron chi connectivity index (χ2n) is 6.70. The Morgan fingerprint density at radius 2 is 1.96 bits per heavy atom. The fourth-order valence-corrected chi connectivity index (χ4v) is 4.94. The van der Waals surface area contributed by atoms with Gasteiger partial charge in [0.1, 0.15) is 5.56 Å². The highest BCUT2D eigenvalue weighted by Crippen LogP contribution is 2.23. The maximum atomic E-state index is 13.0. The van der Waals surface area contributed by atoms with Gasteiger partial charge < -0.3 is 14.6 Å². The van der Waals surface area contributed by atoms with E-state index in [1.165, 1.54) is 29.7 Å². The van der Waals surface area contributed by atoms with Crippen molar-refractivity contribution in [1.82, 2.24) is 14.2 Å². The van der Waals surface area contributed by atoms with Gasteiger partial charge in [-0.05, 0) is 38.0 Å². The number of pyridine rings is 1. The van der Waals surface area contributed by atoms with Crippen molar-refractivity contribution < 1.29 is 17.9 Å². The number of nitrogens with zero attached hydrogens (tertiary/aromatic N) is 2. The number of benzene rings is 1. The number of amides is 1. The molecule has 0 spiro atoms. The monoisotopic (exact) mass is 407 g/mol. The molecule has 0 atom stereocenters. The quantitative estimate of drug-likeness (QED) is 0.695. The van der Waals surface area contributed by atoms with E-state index in [-0.39, 0.29) is 22.4 Å². The number of aromatic nitrogens is 1. The molecule has 1 aliphatic heterocycles. The van der Waals surface area contributed by atoms with Crippen molar-refractivity contribution in [2.45, 2.75) is 31.2 Å². The molecule has 0 unspecified atom stereocenters. The molecule has 0 radical (unpaired) electrons. The number of nitrogens with one attached hydrogen (secondary N) is 1. The van der Waals surface area contributed by atoms with Crippen molar-refractivity contribution in [3.05, 3.63) is 40.2 Å². The molecular weight excluding hydrogens is 382 g/mol. The molecule has 28 heavy (non-hydrogen) atoms. The van der Waals surface area contributed by atoms with E-state index in [1.807, 2.05) is 6.92 Å². The molecule has 0 bridgehead atoms. The Morgan fingerprint density at radius 3 is 2.61 bits per heavy atom. The summed E-state index contributed by atoms with van der Waals surface area (Å²) in [6.45, 7) is 4.02. The van der Waals surface area contributed by atoms with Gasteiger partial charge in [-0.3, -0.25) is 9.59 Å². The summed E-state index contributed by atoms with van der Waals surface area (Å²) in [5.74, 6) is -0.501. The maximum Gasteiger partial charge on any atom is 0.256 e. The largest absolute Gasteiger partial charge is 0.383 e. The molecule has 1 fully saturated rings. The molecule has 0 saturated carbocycles. The second kappa shape index (κ2) is 8.42. The van der Waals surface area contributed by atoms with Crippen molar-refractivity contribution in [1.29, 1.82) is 0 Å². The number of fused-ring (bicyclic) bond motifs is 1. The van der Waals surface area contributed by atoms with Crippen molar-refractivity contribution in [3.8, 4) is 0 Å². The zero-order chi connectivity index (χ0) is 20.3. The van der Waals surface area contributed by atoms with Gasteiger partial charge in [-0.2, -0.15) is 4.31 Å². The lowest BCUT2D eigenvalue weighted by Crippen LogP contribution is -2.32. The summed E-state index contributed by atoms with van der Waals surface area (Å²) in [6.07, 6.45) is 3.18. The third-order valence-electron chi connectivity index (χ3n) is 4.93. The number of hydrogen-bond acceptors (Lipinski definition) is 5. The highest BCUT2D eigenvalue weighted by Gasteiger charge is 2.28. The average Bonchev–Trinajstić information content (AvgIpc) is 3.24. The number of methoxy groups -OCH3 is 1. The van der Waals surface area contributed by atoms with Gasteiger partial charge in [0.25, 0.3) is 5.91 Å². The van der Waals surface area contributed by atoms with E-state index in [4.69, 9.17) is 4.74 Å². The molecule has 2 aromatic rings. The Morgan fingerprint density at radius 1 is 1.25 bits per heavy atom. The van der Waals surface area contributed by atoms with Crippen LogP contribution in [-0.2, 0) is 21.3 Å². The first-order valence-electron chi connectivity index (χ1n) is 9.34. The molecule has 1 aromatic heterocycles. The van der Waals surface area contributed by atoms with Gasteiger partial charge in [-0.15, -0.1) is 0 Å². The fraction of sp³-hybridized carbons (Fsp3) is 0.474. The number of carbonyl (C=O) groups is 1. The minimum atomic E-state index is -3.65. The first kappa shape index (κ1) is 20.5. The van der Waals surface area contributed by atoms with E-state index in [0.29, 0.717) is 31.8 Å². The van der Waals surface area contributed by atoms with Crippen molar-refractivity contribution in [2.75, 3.05) is 33.4 Å². The Bertz CT molecular complexity index is 1040. The Hall–Kier alpha value is -2.23. The number of ether oxygens (including phenoxy) is 1. The van der Waals surface area contributed by atoms with Gasteiger partial charge in [0.2, 0.25) is 15.5 Å². The fourth-order valence-electron chi connectivity index (χ4n) is 3.40. The lowest BCUT2D eigenvalue weighted by atomic mass is 10.1. The number of rotatable bonds is 7. The van der Waals surface area contributed by atoms with Crippen molar-refractivity contribution in [2.24, 2.45) is 0 Å². The van der Waals surface area contributed by atoms with Gasteiger partial charge in [-0.25, -0.2) is 8.42 Å². The third kappa shape index (κ3) is 3.82. The molecule has 8 nitrogen and oxygen atoms in total. The van der Waals surface area contributed by atoms with Gasteiger partial charge >= 0.3 is 0 Å². The third-order valence-corrected chi connectivity index (χ3v) is 6.83. The summed E-state index contributed by atoms with van der Waals surface area (Å²) in [6, 6.07) is 4.55. The highest BCUT2D eigenvalue weighted by atomic mass is 32.2. The van der Waals surface area contributed by atoms with E-state index < -0.39 is 21.4 Å². The van der Waals surface area contributed by atoms with Crippen LogP contribution in [0.5, 0.6) is 0 Å². The van der Waals surface area contributed by atoms with E-state index in [1.54, 1.807) is 10.6 Å². The van der Waals surface area contributed by atoms with Crippen LogP contribution in [0.1, 0.15) is 30.1 Å². The van der Waals surface area contributed by atoms with Crippen LogP contribution in [0.25, 0.3) is 10.9 Å².